The molecule has 4 aromatic rings. The summed E-state index contributed by atoms with van der Waals surface area (Å²) in [6.45, 7) is 0. The predicted octanol–water partition coefficient (Wildman–Crippen LogP) is 4.10. The van der Waals surface area contributed by atoms with Crippen molar-refractivity contribution in [1.82, 2.24) is 4.98 Å². The first-order chi connectivity index (χ1) is 13.0. The number of fused-ring (bicyclic) bond motifs is 2. The molecule has 0 aliphatic heterocycles. The number of hydrogen-bond donors (Lipinski definition) is 1. The van der Waals surface area contributed by atoms with Crippen LogP contribution in [0.25, 0.3) is 21.8 Å². The molecule has 0 aliphatic carbocycles. The van der Waals surface area contributed by atoms with E-state index in [9.17, 15) is 18.5 Å². The van der Waals surface area contributed by atoms with Crippen LogP contribution in [0, 0.1) is 10.1 Å². The van der Waals surface area contributed by atoms with Crippen LogP contribution < -0.4 is 4.72 Å². The fourth-order valence-corrected chi connectivity index (χ4v) is 3.99. The van der Waals surface area contributed by atoms with Crippen molar-refractivity contribution < 1.29 is 13.3 Å². The van der Waals surface area contributed by atoms with Gasteiger partial charge in [-0.3, -0.25) is 14.8 Å². The van der Waals surface area contributed by atoms with E-state index in [0.717, 1.165) is 12.1 Å². The molecule has 0 radical (unpaired) electrons. The Kier molecular flexibility index (Phi) is 3.97. The smallest absolute Gasteiger partial charge is 0.269 e. The number of nitro benzene ring substituents is 1. The van der Waals surface area contributed by atoms with Crippen molar-refractivity contribution in [3.05, 3.63) is 82.9 Å². The van der Waals surface area contributed by atoms with E-state index in [1.807, 2.05) is 36.4 Å². The van der Waals surface area contributed by atoms with Crippen LogP contribution in [0.2, 0.25) is 0 Å². The lowest BCUT2D eigenvalue weighted by atomic mass is 10.1. The van der Waals surface area contributed by atoms with Crippen molar-refractivity contribution in [3.63, 3.8) is 0 Å². The third-order valence-corrected chi connectivity index (χ3v) is 5.55. The molecule has 0 amide bonds. The quantitative estimate of drug-likeness (QED) is 0.327. The Labute approximate surface area is 154 Å². The largest absolute Gasteiger partial charge is 0.278 e. The Morgan fingerprint density at radius 2 is 1.33 bits per heavy atom. The summed E-state index contributed by atoms with van der Waals surface area (Å²) < 4.78 is 28.4. The Bertz CT molecular complexity index is 1230. The molecule has 27 heavy (non-hydrogen) atoms. The normalized spacial score (nSPS) is 11.6. The zero-order chi connectivity index (χ0) is 19.0. The van der Waals surface area contributed by atoms with Crippen LogP contribution in [0.4, 0.5) is 11.4 Å². The third kappa shape index (κ3) is 3.06. The first kappa shape index (κ1) is 16.9. The maximum absolute atomic E-state index is 12.9. The highest BCUT2D eigenvalue weighted by atomic mass is 32.2. The van der Waals surface area contributed by atoms with Crippen LogP contribution in [0.5, 0.6) is 0 Å². The SMILES string of the molecule is O=[N+]([O-])c1ccc(S(=O)(=O)Nc2c3ccccc3nc3ccccc23)cc1. The second-order valence-corrected chi connectivity index (χ2v) is 7.56. The lowest BCUT2D eigenvalue weighted by molar-refractivity contribution is -0.384. The zero-order valence-corrected chi connectivity index (χ0v) is 14.7. The van der Waals surface area contributed by atoms with Crippen LogP contribution in [-0.4, -0.2) is 18.3 Å². The minimum Gasteiger partial charge on any atom is -0.278 e. The number of para-hydroxylation sites is 2. The molecule has 8 heteroatoms. The minimum absolute atomic E-state index is 0.0573. The molecule has 0 saturated carbocycles. The highest BCUT2D eigenvalue weighted by Gasteiger charge is 2.19. The van der Waals surface area contributed by atoms with Gasteiger partial charge in [0.25, 0.3) is 15.7 Å². The van der Waals surface area contributed by atoms with Crippen LogP contribution in [0.1, 0.15) is 0 Å². The lowest BCUT2D eigenvalue weighted by Gasteiger charge is -2.13. The molecule has 0 bridgehead atoms. The number of nitrogens with zero attached hydrogens (tertiary/aromatic N) is 2. The number of hydrogen-bond acceptors (Lipinski definition) is 5. The van der Waals surface area contributed by atoms with Gasteiger partial charge >= 0.3 is 0 Å². The summed E-state index contributed by atoms with van der Waals surface area (Å²) in [5, 5.41) is 12.1. The van der Waals surface area contributed by atoms with E-state index < -0.39 is 14.9 Å². The van der Waals surface area contributed by atoms with Gasteiger partial charge in [0.05, 0.1) is 26.5 Å². The summed E-state index contributed by atoms with van der Waals surface area (Å²) in [5.41, 5.74) is 1.58. The van der Waals surface area contributed by atoms with Gasteiger partial charge in [0.15, 0.2) is 0 Å². The molecule has 0 saturated heterocycles. The summed E-state index contributed by atoms with van der Waals surface area (Å²) in [6.07, 6.45) is 0. The second-order valence-electron chi connectivity index (χ2n) is 5.88. The highest BCUT2D eigenvalue weighted by molar-refractivity contribution is 7.92. The number of anilines is 1. The molecule has 1 N–H and O–H groups in total. The van der Waals surface area contributed by atoms with E-state index >= 15 is 0 Å². The Morgan fingerprint density at radius 3 is 1.85 bits per heavy atom. The number of nitrogens with one attached hydrogen (secondary N) is 1. The van der Waals surface area contributed by atoms with E-state index in [4.69, 9.17) is 0 Å². The predicted molar refractivity (Wildman–Crippen MR) is 103 cm³/mol. The molecule has 0 fully saturated rings. The van der Waals surface area contributed by atoms with Crippen LogP contribution in [-0.2, 0) is 10.0 Å². The standard InChI is InChI=1S/C19H13N3O4S/c23-22(24)13-9-11-14(12-10-13)27(25,26)21-19-15-5-1-3-7-17(15)20-18-8-4-2-6-16(18)19/h1-12H,(H,20,21). The number of nitro groups is 1. The molecular formula is C19H13N3O4S. The molecule has 0 spiro atoms. The van der Waals surface area contributed by atoms with Crippen molar-refractivity contribution >= 4 is 43.2 Å². The molecule has 0 atom stereocenters. The van der Waals surface area contributed by atoms with Crippen molar-refractivity contribution in [2.45, 2.75) is 4.90 Å². The maximum Gasteiger partial charge on any atom is 0.269 e. The van der Waals surface area contributed by atoms with E-state index in [2.05, 4.69) is 9.71 Å². The average Bonchev–Trinajstić information content (AvgIpc) is 2.68. The number of sulfonamides is 1. The molecule has 1 heterocycles. The van der Waals surface area contributed by atoms with Gasteiger partial charge in [-0.2, -0.15) is 0 Å². The van der Waals surface area contributed by atoms with Crippen molar-refractivity contribution in [2.75, 3.05) is 4.72 Å². The average molecular weight is 379 g/mol. The highest BCUT2D eigenvalue weighted by Crippen LogP contribution is 2.32. The zero-order valence-electron chi connectivity index (χ0n) is 13.9. The molecule has 1 aromatic heterocycles. The van der Waals surface area contributed by atoms with Gasteiger partial charge in [-0.1, -0.05) is 36.4 Å². The molecule has 0 aliphatic rings. The fraction of sp³-hybridized carbons (Fsp3) is 0. The van der Waals surface area contributed by atoms with E-state index in [0.29, 0.717) is 27.5 Å². The topological polar surface area (TPSA) is 102 Å². The van der Waals surface area contributed by atoms with Crippen molar-refractivity contribution in [3.8, 4) is 0 Å². The van der Waals surface area contributed by atoms with E-state index in [1.54, 1.807) is 12.1 Å². The molecule has 4 rings (SSSR count). The summed E-state index contributed by atoms with van der Waals surface area (Å²) in [7, 11) is -3.94. The van der Waals surface area contributed by atoms with Gasteiger partial charge in [0.2, 0.25) is 0 Å². The summed E-state index contributed by atoms with van der Waals surface area (Å²) in [6, 6.07) is 19.2. The van der Waals surface area contributed by atoms with Crippen LogP contribution >= 0.6 is 0 Å². The fourth-order valence-electron chi connectivity index (χ4n) is 2.89. The molecule has 134 valence electrons. The van der Waals surface area contributed by atoms with Gasteiger partial charge in [-0.05, 0) is 24.3 Å². The van der Waals surface area contributed by atoms with Gasteiger partial charge in [-0.25, -0.2) is 13.4 Å². The van der Waals surface area contributed by atoms with Crippen LogP contribution in [0.3, 0.4) is 0 Å². The van der Waals surface area contributed by atoms with Crippen molar-refractivity contribution in [2.24, 2.45) is 0 Å². The molecule has 3 aromatic carbocycles. The maximum atomic E-state index is 12.9. The number of non-ortho nitro benzene ring substituents is 1. The monoisotopic (exact) mass is 379 g/mol. The number of rotatable bonds is 4. The van der Waals surface area contributed by atoms with E-state index in [1.165, 1.54) is 12.1 Å². The van der Waals surface area contributed by atoms with Gasteiger partial charge in [0, 0.05) is 22.9 Å². The number of aromatic nitrogens is 1. The molecule has 7 nitrogen and oxygen atoms in total. The Hall–Kier alpha value is -3.52. The van der Waals surface area contributed by atoms with Crippen LogP contribution in [0.15, 0.2) is 77.7 Å². The second kappa shape index (κ2) is 6.33. The Morgan fingerprint density at radius 1 is 0.815 bits per heavy atom. The Balaban J connectivity index is 1.87. The first-order valence-electron chi connectivity index (χ1n) is 8.00. The number of benzene rings is 3. The summed E-state index contributed by atoms with van der Waals surface area (Å²) in [5.74, 6) is 0. The summed E-state index contributed by atoms with van der Waals surface area (Å²) in [4.78, 5) is 14.7. The first-order valence-corrected chi connectivity index (χ1v) is 9.49. The third-order valence-electron chi connectivity index (χ3n) is 4.18. The molecule has 0 unspecified atom stereocenters. The van der Waals surface area contributed by atoms with Crippen molar-refractivity contribution in [1.29, 1.82) is 0 Å². The van der Waals surface area contributed by atoms with Gasteiger partial charge in [-0.15, -0.1) is 0 Å². The summed E-state index contributed by atoms with van der Waals surface area (Å²) >= 11 is 0. The molecular weight excluding hydrogens is 366 g/mol. The van der Waals surface area contributed by atoms with Gasteiger partial charge in [0.1, 0.15) is 0 Å². The van der Waals surface area contributed by atoms with Gasteiger partial charge < -0.3 is 0 Å². The number of pyridine rings is 1. The van der Waals surface area contributed by atoms with E-state index in [-0.39, 0.29) is 10.6 Å². The minimum atomic E-state index is -3.94. The lowest BCUT2D eigenvalue weighted by Crippen LogP contribution is -2.13.